The van der Waals surface area contributed by atoms with Gasteiger partial charge in [-0.1, -0.05) is 402 Å². The van der Waals surface area contributed by atoms with Crippen LogP contribution in [0.1, 0.15) is 418 Å². The van der Waals surface area contributed by atoms with Crippen molar-refractivity contribution in [2.24, 2.45) is 0 Å². The van der Waals surface area contributed by atoms with Crippen molar-refractivity contribution < 1.29 is 32.9 Å². The molecular formula is C84H162N2O6P+. The lowest BCUT2D eigenvalue weighted by Crippen LogP contribution is -2.45. The zero-order valence-electron chi connectivity index (χ0n) is 63.0. The Morgan fingerprint density at radius 2 is 0.624 bits per heavy atom. The molecule has 93 heavy (non-hydrogen) atoms. The Morgan fingerprint density at radius 3 is 0.935 bits per heavy atom. The molecule has 0 bridgehead atoms. The second-order valence-electron chi connectivity index (χ2n) is 29.5. The van der Waals surface area contributed by atoms with Gasteiger partial charge >= 0.3 is 7.82 Å². The molecule has 0 aliphatic rings. The van der Waals surface area contributed by atoms with Crippen molar-refractivity contribution in [1.29, 1.82) is 0 Å². The van der Waals surface area contributed by atoms with Gasteiger partial charge in [0.1, 0.15) is 13.2 Å². The maximum atomic E-state index is 13.1. The van der Waals surface area contributed by atoms with Gasteiger partial charge in [-0.15, -0.1) is 0 Å². The van der Waals surface area contributed by atoms with Crippen molar-refractivity contribution in [3.8, 4) is 0 Å². The smallest absolute Gasteiger partial charge is 0.387 e. The molecule has 3 atom stereocenters. The van der Waals surface area contributed by atoms with Crippen LogP contribution in [0.5, 0.6) is 0 Å². The number of rotatable bonds is 77. The fourth-order valence-electron chi connectivity index (χ4n) is 12.6. The first kappa shape index (κ1) is 91.2. The van der Waals surface area contributed by atoms with E-state index in [1.165, 1.54) is 347 Å². The fourth-order valence-corrected chi connectivity index (χ4v) is 13.3. The van der Waals surface area contributed by atoms with Gasteiger partial charge in [-0.25, -0.2) is 4.57 Å². The van der Waals surface area contributed by atoms with E-state index in [4.69, 9.17) is 9.05 Å². The Balaban J connectivity index is 3.96. The highest BCUT2D eigenvalue weighted by Crippen LogP contribution is 2.43. The standard InChI is InChI=1S/C84H161N2O6P/c1-6-8-10-12-14-16-18-20-22-24-26-28-30-32-34-36-38-40-41-42-43-44-45-46-48-50-52-54-56-58-60-62-64-66-68-70-72-74-76-78-84(88)85-82(81-92-93(89,90)91-80-79-86(3,4)5)83(87)77-75-73-71-69-67-65-63-61-59-57-55-53-51-49-47-39-37-35-33-31-29-27-25-23-21-19-17-15-13-11-9-7-2/h18,20,24,26,30,32,67,69,75,77,82-83,87H,6-17,19,21-23,25,27-29,31,33-66,68,70-74,76,78-81H2,1-5H3,(H-,85,88,89,90)/p+1/b20-18-,26-24-,32-30-,69-67+,77-75+. The van der Waals surface area contributed by atoms with E-state index in [2.05, 4.69) is 67.8 Å². The molecule has 3 N–H and O–H groups in total. The van der Waals surface area contributed by atoms with E-state index in [9.17, 15) is 19.4 Å². The predicted molar refractivity (Wildman–Crippen MR) is 410 cm³/mol. The van der Waals surface area contributed by atoms with Gasteiger partial charge in [0.15, 0.2) is 0 Å². The zero-order valence-corrected chi connectivity index (χ0v) is 63.9. The number of likely N-dealkylation sites (N-methyl/N-ethyl adjacent to an activating group) is 1. The molecule has 0 aliphatic heterocycles. The third kappa shape index (κ3) is 77.4. The number of carbonyl (C=O) groups is 1. The molecule has 0 spiro atoms. The SMILES string of the molecule is CCCCCCC/C=C\C/C=C\C/C=C\CCCCCCCCCCCCCCCCCCCCCCCCCCC(=O)NC(COP(=O)(O)OCC[N+](C)(C)C)C(O)/C=C/CC/C=C/CCCCCCCCCCCCCCCCCCCCCCCCCCCC. The topological polar surface area (TPSA) is 105 Å². The summed E-state index contributed by atoms with van der Waals surface area (Å²) in [7, 11) is 1.57. The van der Waals surface area contributed by atoms with Gasteiger partial charge in [-0.2, -0.15) is 0 Å². The van der Waals surface area contributed by atoms with Crippen LogP contribution >= 0.6 is 7.82 Å². The summed E-state index contributed by atoms with van der Waals surface area (Å²) in [6, 6.07) is -0.866. The summed E-state index contributed by atoms with van der Waals surface area (Å²) in [5.41, 5.74) is 0. The largest absolute Gasteiger partial charge is 0.472 e. The number of aliphatic hydroxyl groups is 1. The maximum Gasteiger partial charge on any atom is 0.472 e. The molecule has 0 heterocycles. The number of phosphoric ester groups is 1. The number of aliphatic hydroxyl groups excluding tert-OH is 1. The van der Waals surface area contributed by atoms with Gasteiger partial charge in [0.2, 0.25) is 5.91 Å². The van der Waals surface area contributed by atoms with Crippen LogP contribution in [0.25, 0.3) is 0 Å². The van der Waals surface area contributed by atoms with Crippen LogP contribution in [0.3, 0.4) is 0 Å². The number of allylic oxidation sites excluding steroid dienone is 9. The van der Waals surface area contributed by atoms with Crippen molar-refractivity contribution in [3.63, 3.8) is 0 Å². The number of quaternary nitrogens is 1. The molecule has 0 aromatic heterocycles. The average molecular weight is 1330 g/mol. The first-order chi connectivity index (χ1) is 45.5. The van der Waals surface area contributed by atoms with Gasteiger partial charge in [0.25, 0.3) is 0 Å². The molecule has 0 aliphatic carbocycles. The molecule has 8 nitrogen and oxygen atoms in total. The number of amides is 1. The highest BCUT2D eigenvalue weighted by atomic mass is 31.2. The zero-order chi connectivity index (χ0) is 67.6. The van der Waals surface area contributed by atoms with E-state index in [1.807, 2.05) is 27.2 Å². The Morgan fingerprint density at radius 1 is 0.366 bits per heavy atom. The van der Waals surface area contributed by atoms with Crippen molar-refractivity contribution in [2.75, 3.05) is 40.9 Å². The minimum absolute atomic E-state index is 0.0572. The Labute approximate surface area is 581 Å². The van der Waals surface area contributed by atoms with Crippen LogP contribution < -0.4 is 5.32 Å². The molecule has 0 rings (SSSR count). The van der Waals surface area contributed by atoms with Gasteiger partial charge in [-0.3, -0.25) is 13.8 Å². The van der Waals surface area contributed by atoms with Crippen LogP contribution in [0.15, 0.2) is 60.8 Å². The number of hydrogen-bond donors (Lipinski definition) is 3. The second kappa shape index (κ2) is 74.4. The van der Waals surface area contributed by atoms with Crippen molar-refractivity contribution in [3.05, 3.63) is 60.8 Å². The fraction of sp³-hybridized carbons (Fsp3) is 0.869. The molecule has 0 saturated heterocycles. The predicted octanol–water partition coefficient (Wildman–Crippen LogP) is 27.1. The van der Waals surface area contributed by atoms with Gasteiger partial charge in [0, 0.05) is 6.42 Å². The summed E-state index contributed by atoms with van der Waals surface area (Å²) in [5, 5.41) is 14.0. The molecule has 3 unspecified atom stereocenters. The van der Waals surface area contributed by atoms with Crippen LogP contribution in [0, 0.1) is 0 Å². The van der Waals surface area contributed by atoms with Gasteiger partial charge < -0.3 is 19.8 Å². The van der Waals surface area contributed by atoms with Gasteiger partial charge in [0.05, 0.1) is 39.9 Å². The van der Waals surface area contributed by atoms with Crippen LogP contribution in [0.2, 0.25) is 0 Å². The molecule has 1 amide bonds. The number of phosphoric acid groups is 1. The van der Waals surface area contributed by atoms with Crippen LogP contribution in [-0.2, 0) is 18.4 Å². The maximum absolute atomic E-state index is 13.1. The minimum Gasteiger partial charge on any atom is -0.387 e. The quantitative estimate of drug-likeness (QED) is 0.0243. The first-order valence-electron chi connectivity index (χ1n) is 41.2. The molecule has 0 radical (unpaired) electrons. The van der Waals surface area contributed by atoms with Crippen LogP contribution in [0.4, 0.5) is 0 Å². The summed E-state index contributed by atoms with van der Waals surface area (Å²) < 4.78 is 23.9. The third-order valence-corrected chi connectivity index (χ3v) is 19.9. The number of unbranched alkanes of at least 4 members (excludes halogenated alkanes) is 56. The van der Waals surface area contributed by atoms with E-state index < -0.39 is 20.0 Å². The number of carbonyl (C=O) groups excluding carboxylic acids is 1. The molecular weight excluding hydrogens is 1160 g/mol. The van der Waals surface area contributed by atoms with E-state index in [1.54, 1.807) is 6.08 Å². The van der Waals surface area contributed by atoms with E-state index in [0.717, 1.165) is 51.4 Å². The van der Waals surface area contributed by atoms with Gasteiger partial charge in [-0.05, 0) is 70.6 Å². The van der Waals surface area contributed by atoms with Crippen molar-refractivity contribution in [1.82, 2.24) is 5.32 Å². The van der Waals surface area contributed by atoms with Crippen molar-refractivity contribution >= 4 is 13.7 Å². The number of nitrogens with zero attached hydrogens (tertiary/aromatic N) is 1. The molecule has 0 aromatic carbocycles. The first-order valence-corrected chi connectivity index (χ1v) is 42.7. The molecule has 9 heteroatoms. The lowest BCUT2D eigenvalue weighted by Gasteiger charge is -2.25. The second-order valence-corrected chi connectivity index (χ2v) is 30.9. The highest BCUT2D eigenvalue weighted by molar-refractivity contribution is 7.47. The summed E-state index contributed by atoms with van der Waals surface area (Å²) >= 11 is 0. The summed E-state index contributed by atoms with van der Waals surface area (Å²) in [5.74, 6) is -0.179. The van der Waals surface area contributed by atoms with E-state index in [-0.39, 0.29) is 19.1 Å². The van der Waals surface area contributed by atoms with Crippen molar-refractivity contribution in [2.45, 2.75) is 431 Å². The van der Waals surface area contributed by atoms with E-state index >= 15 is 0 Å². The Kier molecular flexibility index (Phi) is 73.0. The molecule has 0 aromatic rings. The number of nitrogens with one attached hydrogen (secondary N) is 1. The molecule has 548 valence electrons. The van der Waals surface area contributed by atoms with E-state index in [0.29, 0.717) is 17.4 Å². The normalized spacial score (nSPS) is 13.8. The Hall–Kier alpha value is -1.80. The average Bonchev–Trinajstić information content (AvgIpc) is 1.94. The molecule has 0 fully saturated rings. The lowest BCUT2D eigenvalue weighted by atomic mass is 10.0. The minimum atomic E-state index is -4.37. The summed E-state index contributed by atoms with van der Waals surface area (Å²) in [4.78, 5) is 23.5. The monoisotopic (exact) mass is 1330 g/mol. The summed E-state index contributed by atoms with van der Waals surface area (Å²) in [6.45, 7) is 4.84. The van der Waals surface area contributed by atoms with Crippen LogP contribution in [-0.4, -0.2) is 73.4 Å². The highest BCUT2D eigenvalue weighted by Gasteiger charge is 2.28. The molecule has 0 saturated carbocycles. The lowest BCUT2D eigenvalue weighted by molar-refractivity contribution is -0.870. The third-order valence-electron chi connectivity index (χ3n) is 19.0. The number of hydrogen-bond acceptors (Lipinski definition) is 5. The summed E-state index contributed by atoms with van der Waals surface area (Å²) in [6.07, 6.45) is 104. The Bertz CT molecular complexity index is 1710.